The number of hydrogen-bond donors (Lipinski definition) is 0. The Morgan fingerprint density at radius 2 is 1.62 bits per heavy atom. The number of nitroso groups, excluding NO2 is 1. The molecule has 24 heavy (non-hydrogen) atoms. The van der Waals surface area contributed by atoms with E-state index in [1.165, 1.54) is 0 Å². The summed E-state index contributed by atoms with van der Waals surface area (Å²) in [7, 11) is 0. The Hall–Kier alpha value is -2.04. The van der Waals surface area contributed by atoms with E-state index >= 15 is 0 Å². The Kier molecular flexibility index (Phi) is 28.9. The molecular weight excluding hydrogens is 358 g/mol. The fraction of sp³-hybridized carbons (Fsp3) is 0.188. The monoisotopic (exact) mass is 373 g/mol. The summed E-state index contributed by atoms with van der Waals surface area (Å²) in [5, 5.41) is 0. The van der Waals surface area contributed by atoms with Gasteiger partial charge in [0.2, 0.25) is 0 Å². The number of Topliss-reactive ketones (excluding diaryl/α,β-unsaturated/α-hetero) is 1. The second-order valence-corrected chi connectivity index (χ2v) is 3.49. The van der Waals surface area contributed by atoms with E-state index in [4.69, 9.17) is 24.5 Å². The Balaban J connectivity index is -0.000000256. The van der Waals surface area contributed by atoms with Gasteiger partial charge in [-0.05, 0) is 19.4 Å². The normalized spacial score (nSPS) is 7.62. The topological polar surface area (TPSA) is 123 Å². The molecule has 0 bridgehead atoms. The van der Waals surface area contributed by atoms with Gasteiger partial charge in [0.1, 0.15) is 12.0 Å². The van der Waals surface area contributed by atoms with Crippen LogP contribution < -0.4 is 5.59 Å². The molecule has 0 saturated heterocycles. The fourth-order valence-corrected chi connectivity index (χ4v) is 1.29. The average Bonchev–Trinajstić information content (AvgIpc) is 2.61. The molecule has 0 saturated carbocycles. The maximum Gasteiger partial charge on any atom is 0.313 e. The molecule has 0 aromatic heterocycles. The van der Waals surface area contributed by atoms with Crippen LogP contribution in [0.15, 0.2) is 30.3 Å². The van der Waals surface area contributed by atoms with Crippen LogP contribution in [0.4, 0.5) is 0 Å². The number of benzene rings is 1. The number of nitrogens with zero attached hydrogens (tertiary/aromatic N) is 1. The van der Waals surface area contributed by atoms with E-state index in [0.717, 1.165) is 5.56 Å². The van der Waals surface area contributed by atoms with Gasteiger partial charge in [0.05, 0.1) is 12.5 Å². The van der Waals surface area contributed by atoms with Crippen LogP contribution in [0, 0.1) is 37.5 Å². The van der Waals surface area contributed by atoms with Crippen molar-refractivity contribution in [2.75, 3.05) is 6.61 Å². The van der Waals surface area contributed by atoms with Gasteiger partial charge in [-0.15, -0.1) is 4.91 Å². The van der Waals surface area contributed by atoms with Crippen molar-refractivity contribution in [1.82, 2.24) is 5.59 Å². The number of rotatable bonds is 6. The summed E-state index contributed by atoms with van der Waals surface area (Å²) in [5.41, 5.74) is 6.63. The number of esters is 1. The maximum atomic E-state index is 11.6. The van der Waals surface area contributed by atoms with Crippen molar-refractivity contribution in [3.05, 3.63) is 73.4 Å². The smallest absolute Gasteiger partial charge is 0.313 e. The first kappa shape index (κ1) is 29.9. The van der Waals surface area contributed by atoms with E-state index in [1.807, 2.05) is 30.3 Å². The molecule has 1 aromatic carbocycles. The third-order valence-corrected chi connectivity index (χ3v) is 2.11. The molecule has 8 heteroatoms. The molecule has 0 spiro atoms. The van der Waals surface area contributed by atoms with Crippen molar-refractivity contribution < 1.29 is 40.7 Å². The molecule has 128 valence electrons. The van der Waals surface area contributed by atoms with E-state index in [1.54, 1.807) is 13.3 Å². The van der Waals surface area contributed by atoms with Crippen LogP contribution in [0.25, 0.3) is 0 Å². The van der Waals surface area contributed by atoms with Gasteiger partial charge in [0.15, 0.2) is 5.78 Å². The number of hydrogen-bond acceptors (Lipinski definition) is 4. The van der Waals surface area contributed by atoms with E-state index in [-0.39, 0.29) is 35.9 Å². The van der Waals surface area contributed by atoms with Crippen LogP contribution in [0.5, 0.6) is 0 Å². The minimum atomic E-state index is -0.514. The zero-order valence-corrected chi connectivity index (χ0v) is 13.9. The summed E-state index contributed by atoms with van der Waals surface area (Å²) >= 11 is 0. The van der Waals surface area contributed by atoms with Gasteiger partial charge in [-0.1, -0.05) is 30.3 Å². The molecule has 4 radical (unpaired) electrons. The summed E-state index contributed by atoms with van der Waals surface area (Å²) in [4.78, 5) is 30.0. The molecule has 0 unspecified atom stereocenters. The molecule has 0 heterocycles. The van der Waals surface area contributed by atoms with Crippen LogP contribution >= 0.6 is 0 Å². The van der Waals surface area contributed by atoms with Crippen molar-refractivity contribution in [3.63, 3.8) is 0 Å². The van der Waals surface area contributed by atoms with Gasteiger partial charge in [-0.2, -0.15) is 0 Å². The number of ketones is 1. The first-order valence-corrected chi connectivity index (χ1v) is 6.00. The minimum Gasteiger partial charge on any atom is -0.466 e. The SMILES string of the molecule is [C-]#[O+].[C-]#[O+].[CH2][C]([CH]c1ccccc1)C(=O)CC(=O)OCC.[Fe].[N]=O. The summed E-state index contributed by atoms with van der Waals surface area (Å²) in [6.45, 7) is 14.6. The summed E-state index contributed by atoms with van der Waals surface area (Å²) in [6.07, 6.45) is 1.40. The predicted octanol–water partition coefficient (Wildman–Crippen LogP) is 1.65. The molecule has 0 fully saturated rings. The molecule has 0 aliphatic rings. The number of carbonyl (C=O) groups excluding carboxylic acids is 2. The Morgan fingerprint density at radius 1 is 1.17 bits per heavy atom. The zero-order valence-electron chi connectivity index (χ0n) is 12.8. The van der Waals surface area contributed by atoms with Crippen LogP contribution in [-0.4, -0.2) is 18.4 Å². The van der Waals surface area contributed by atoms with Crippen molar-refractivity contribution in [2.24, 2.45) is 0 Å². The first-order chi connectivity index (χ1) is 11.1. The Bertz CT molecular complexity index is 469. The van der Waals surface area contributed by atoms with Gasteiger partial charge in [0.25, 0.3) is 0 Å². The fourth-order valence-electron chi connectivity index (χ4n) is 1.29. The molecule has 0 aliphatic carbocycles. The Morgan fingerprint density at radius 3 is 2.04 bits per heavy atom. The van der Waals surface area contributed by atoms with Crippen molar-refractivity contribution in [3.8, 4) is 0 Å². The average molecular weight is 373 g/mol. The van der Waals surface area contributed by atoms with Gasteiger partial charge in [0, 0.05) is 23.5 Å². The van der Waals surface area contributed by atoms with E-state index in [0.29, 0.717) is 5.92 Å². The maximum absolute atomic E-state index is 11.6. The quantitative estimate of drug-likeness (QED) is 0.247. The van der Waals surface area contributed by atoms with Crippen LogP contribution in [-0.2, 0) is 40.7 Å². The molecular formula is C16H15FeNO6. The van der Waals surface area contributed by atoms with E-state index in [2.05, 4.69) is 20.2 Å². The third kappa shape index (κ3) is 16.3. The Labute approximate surface area is 151 Å². The van der Waals surface area contributed by atoms with Gasteiger partial charge in [-0.25, -0.2) is 0 Å². The summed E-state index contributed by atoms with van der Waals surface area (Å²) < 4.78 is 19.7. The van der Waals surface area contributed by atoms with Crippen molar-refractivity contribution in [1.29, 1.82) is 0 Å². The van der Waals surface area contributed by atoms with E-state index < -0.39 is 5.97 Å². The second-order valence-electron chi connectivity index (χ2n) is 3.49. The number of ether oxygens (including phenoxy) is 1. The van der Waals surface area contributed by atoms with Gasteiger partial charge in [-0.3, -0.25) is 9.59 Å². The molecule has 1 aromatic rings. The largest absolute Gasteiger partial charge is 0.466 e. The second kappa shape index (κ2) is 23.2. The molecule has 0 aliphatic heterocycles. The number of carbonyl (C=O) groups is 2. The van der Waals surface area contributed by atoms with Gasteiger partial charge < -0.3 is 4.74 Å². The third-order valence-electron chi connectivity index (χ3n) is 2.11. The minimum absolute atomic E-state index is 0. The molecule has 0 amide bonds. The zero-order chi connectivity index (χ0) is 18.7. The van der Waals surface area contributed by atoms with Gasteiger partial charge >= 0.3 is 28.6 Å². The van der Waals surface area contributed by atoms with Crippen LogP contribution in [0.1, 0.15) is 18.9 Å². The summed E-state index contributed by atoms with van der Waals surface area (Å²) in [5.74, 6) is -0.517. The van der Waals surface area contributed by atoms with Crippen molar-refractivity contribution in [2.45, 2.75) is 13.3 Å². The van der Waals surface area contributed by atoms with Crippen molar-refractivity contribution >= 4 is 11.8 Å². The first-order valence-electron chi connectivity index (χ1n) is 6.00. The molecule has 7 nitrogen and oxygen atoms in total. The predicted molar refractivity (Wildman–Crippen MR) is 78.1 cm³/mol. The summed E-state index contributed by atoms with van der Waals surface area (Å²) in [6, 6.07) is 9.36. The molecule has 0 atom stereocenters. The van der Waals surface area contributed by atoms with Crippen LogP contribution in [0.2, 0.25) is 0 Å². The molecule has 1 rings (SSSR count). The van der Waals surface area contributed by atoms with E-state index in [9.17, 15) is 9.59 Å². The molecule has 0 N–H and O–H groups in total. The standard InChI is InChI=1S/C14H15O3.2CO.Fe.NO/c1-3-17-14(16)10-13(15)11(2)9-12-7-5-4-6-8-12;2*1-2;;1-2/h4-9H,2-3,10H2,1H3;;;;. The van der Waals surface area contributed by atoms with Crippen LogP contribution in [0.3, 0.4) is 0 Å².